The van der Waals surface area contributed by atoms with E-state index >= 15 is 0 Å². The summed E-state index contributed by atoms with van der Waals surface area (Å²) in [4.78, 5) is 24.5. The van der Waals surface area contributed by atoms with Crippen molar-refractivity contribution in [3.8, 4) is 23.0 Å². The van der Waals surface area contributed by atoms with E-state index in [2.05, 4.69) is 40.1 Å². The Labute approximate surface area is 325 Å². The van der Waals surface area contributed by atoms with Gasteiger partial charge in [-0.15, -0.1) is 0 Å². The van der Waals surface area contributed by atoms with Gasteiger partial charge in [-0.1, -0.05) is 60.7 Å². The van der Waals surface area contributed by atoms with Crippen LogP contribution in [-0.2, 0) is 25.0 Å². The fourth-order valence-corrected chi connectivity index (χ4v) is 8.47. The zero-order valence-corrected chi connectivity index (χ0v) is 32.7. The summed E-state index contributed by atoms with van der Waals surface area (Å²) in [5.74, 6) is 1.72. The standard InChI is InChI=1S/C45H54N6O4/c1-44(2,3)55-43(52)51-25-21-45(22-26-51)31-49(32-45)28-33-19-23-50(24-20-33)36-15-16-37-39(27-36)48(4)47-41(37)38-17-18-40(53-29-34-11-7-5-8-12-34)46-42(38)54-30-35-13-9-6-10-14-35/h5-18,27,33H,19-26,28-32H2,1-4H3. The van der Waals surface area contributed by atoms with Gasteiger partial charge >= 0.3 is 6.09 Å². The van der Waals surface area contributed by atoms with Crippen molar-refractivity contribution in [3.63, 3.8) is 0 Å². The molecular weight excluding hydrogens is 689 g/mol. The third-order valence-electron chi connectivity index (χ3n) is 11.5. The van der Waals surface area contributed by atoms with Crippen LogP contribution in [0.3, 0.4) is 0 Å². The molecule has 55 heavy (non-hydrogen) atoms. The van der Waals surface area contributed by atoms with E-state index in [-0.39, 0.29) is 6.09 Å². The molecule has 8 rings (SSSR count). The van der Waals surface area contributed by atoms with Gasteiger partial charge in [0.15, 0.2) is 0 Å². The molecular formula is C45H54N6O4. The predicted molar refractivity (Wildman–Crippen MR) is 216 cm³/mol. The van der Waals surface area contributed by atoms with Gasteiger partial charge in [-0.3, -0.25) is 4.68 Å². The quantitative estimate of drug-likeness (QED) is 0.141. The lowest BCUT2D eigenvalue weighted by Crippen LogP contribution is -2.61. The summed E-state index contributed by atoms with van der Waals surface area (Å²) in [6, 6.07) is 30.9. The van der Waals surface area contributed by atoms with Crippen molar-refractivity contribution in [1.82, 2.24) is 24.6 Å². The zero-order chi connectivity index (χ0) is 38.0. The van der Waals surface area contributed by atoms with Gasteiger partial charge in [0.2, 0.25) is 11.8 Å². The number of carbonyl (C=O) groups is 1. The van der Waals surface area contributed by atoms with Crippen LogP contribution in [0, 0.1) is 11.3 Å². The van der Waals surface area contributed by atoms with Crippen LogP contribution in [0.25, 0.3) is 22.2 Å². The summed E-state index contributed by atoms with van der Waals surface area (Å²) < 4.78 is 20.1. The largest absolute Gasteiger partial charge is 0.473 e. The first-order valence-corrected chi connectivity index (χ1v) is 19.9. The molecule has 3 fully saturated rings. The maximum Gasteiger partial charge on any atom is 0.410 e. The normalized spacial score (nSPS) is 17.7. The van der Waals surface area contributed by atoms with Crippen LogP contribution in [0.2, 0.25) is 0 Å². The monoisotopic (exact) mass is 742 g/mol. The van der Waals surface area contributed by atoms with E-state index in [1.54, 1.807) is 0 Å². The molecule has 10 nitrogen and oxygen atoms in total. The summed E-state index contributed by atoms with van der Waals surface area (Å²) in [5.41, 5.74) is 6.07. The Bertz CT molecular complexity index is 2070. The summed E-state index contributed by atoms with van der Waals surface area (Å²) in [7, 11) is 2.01. The predicted octanol–water partition coefficient (Wildman–Crippen LogP) is 8.34. The van der Waals surface area contributed by atoms with Crippen molar-refractivity contribution in [1.29, 1.82) is 0 Å². The second-order valence-electron chi connectivity index (χ2n) is 16.8. The van der Waals surface area contributed by atoms with E-state index in [0.717, 1.165) is 85.4 Å². The Morgan fingerprint density at radius 2 is 1.47 bits per heavy atom. The molecule has 0 bridgehead atoms. The second kappa shape index (κ2) is 15.6. The smallest absolute Gasteiger partial charge is 0.410 e. The van der Waals surface area contributed by atoms with Crippen molar-refractivity contribution in [2.24, 2.45) is 18.4 Å². The van der Waals surface area contributed by atoms with E-state index in [9.17, 15) is 4.79 Å². The maximum absolute atomic E-state index is 12.5. The third kappa shape index (κ3) is 8.59. The Morgan fingerprint density at radius 1 is 0.818 bits per heavy atom. The van der Waals surface area contributed by atoms with Crippen LogP contribution in [0.4, 0.5) is 10.5 Å². The molecule has 0 atom stereocenters. The number of nitrogens with zero attached hydrogens (tertiary/aromatic N) is 6. The van der Waals surface area contributed by atoms with E-state index in [1.165, 1.54) is 25.1 Å². The maximum atomic E-state index is 12.5. The number of amides is 1. The number of pyridine rings is 1. The number of hydrogen-bond acceptors (Lipinski definition) is 8. The number of aromatic nitrogens is 3. The molecule has 3 aliphatic rings. The van der Waals surface area contributed by atoms with Crippen molar-refractivity contribution in [2.45, 2.75) is 65.3 Å². The van der Waals surface area contributed by atoms with Gasteiger partial charge in [0, 0.05) is 70.0 Å². The van der Waals surface area contributed by atoms with Crippen molar-refractivity contribution in [2.75, 3.05) is 50.7 Å². The van der Waals surface area contributed by atoms with Crippen LogP contribution >= 0.6 is 0 Å². The lowest BCUT2D eigenvalue weighted by atomic mass is 9.71. The number of fused-ring (bicyclic) bond motifs is 1. The number of likely N-dealkylation sites (tertiary alicyclic amines) is 2. The Kier molecular flexibility index (Phi) is 10.4. The summed E-state index contributed by atoms with van der Waals surface area (Å²) in [5, 5.41) is 6.08. The first-order chi connectivity index (χ1) is 26.6. The summed E-state index contributed by atoms with van der Waals surface area (Å²) in [6.07, 6.45) is 4.37. The highest BCUT2D eigenvalue weighted by molar-refractivity contribution is 5.96. The number of aryl methyl sites for hydroxylation is 1. The molecule has 3 aliphatic heterocycles. The lowest BCUT2D eigenvalue weighted by molar-refractivity contribution is -0.0579. The van der Waals surface area contributed by atoms with Crippen LogP contribution < -0.4 is 14.4 Å². The molecule has 0 radical (unpaired) electrons. The molecule has 3 aromatic carbocycles. The van der Waals surface area contributed by atoms with Crippen LogP contribution in [0.1, 0.15) is 57.6 Å². The number of rotatable bonds is 10. The molecule has 0 N–H and O–H groups in total. The Morgan fingerprint density at radius 3 is 2.13 bits per heavy atom. The molecule has 2 aromatic heterocycles. The molecule has 5 aromatic rings. The fraction of sp³-hybridized carbons (Fsp3) is 0.444. The highest BCUT2D eigenvalue weighted by Gasteiger charge is 2.46. The number of benzene rings is 3. The lowest BCUT2D eigenvalue weighted by Gasteiger charge is -2.55. The minimum atomic E-state index is -0.446. The number of carbonyl (C=O) groups excluding carboxylic acids is 1. The van der Waals surface area contributed by atoms with Crippen molar-refractivity contribution < 1.29 is 19.0 Å². The molecule has 288 valence electrons. The molecule has 1 spiro atoms. The molecule has 10 heteroatoms. The third-order valence-corrected chi connectivity index (χ3v) is 11.5. The van der Waals surface area contributed by atoms with Crippen LogP contribution in [0.5, 0.6) is 11.8 Å². The molecule has 5 heterocycles. The van der Waals surface area contributed by atoms with Gasteiger partial charge in [-0.2, -0.15) is 10.1 Å². The number of ether oxygens (including phenoxy) is 3. The Balaban J connectivity index is 0.894. The average Bonchev–Trinajstić information content (AvgIpc) is 3.51. The number of hydrogen-bond donors (Lipinski definition) is 0. The highest BCUT2D eigenvalue weighted by Crippen LogP contribution is 2.42. The van der Waals surface area contributed by atoms with Crippen molar-refractivity contribution in [3.05, 3.63) is 102 Å². The molecule has 3 saturated heterocycles. The zero-order valence-electron chi connectivity index (χ0n) is 32.7. The van der Waals surface area contributed by atoms with Gasteiger partial charge < -0.3 is 28.9 Å². The van der Waals surface area contributed by atoms with Gasteiger partial charge in [0.25, 0.3) is 0 Å². The van der Waals surface area contributed by atoms with Gasteiger partial charge in [-0.05, 0) is 93.2 Å². The van der Waals surface area contributed by atoms with Crippen molar-refractivity contribution >= 4 is 22.7 Å². The first-order valence-electron chi connectivity index (χ1n) is 19.9. The Hall–Kier alpha value is -5.09. The average molecular weight is 743 g/mol. The minimum absolute atomic E-state index is 0.167. The van der Waals surface area contributed by atoms with Gasteiger partial charge in [0.1, 0.15) is 24.5 Å². The van der Waals surface area contributed by atoms with Gasteiger partial charge in [-0.25, -0.2) is 4.79 Å². The van der Waals surface area contributed by atoms with E-state index in [4.69, 9.17) is 24.3 Å². The van der Waals surface area contributed by atoms with Crippen LogP contribution in [-0.4, -0.2) is 82.1 Å². The molecule has 0 aliphatic carbocycles. The topological polar surface area (TPSA) is 85.2 Å². The molecule has 1 amide bonds. The fourth-order valence-electron chi connectivity index (χ4n) is 8.47. The van der Waals surface area contributed by atoms with E-state index in [0.29, 0.717) is 36.3 Å². The minimum Gasteiger partial charge on any atom is -0.473 e. The molecule has 0 saturated carbocycles. The highest BCUT2D eigenvalue weighted by atomic mass is 16.6. The molecule has 0 unspecified atom stereocenters. The first kappa shape index (κ1) is 36.9. The summed E-state index contributed by atoms with van der Waals surface area (Å²) >= 11 is 0. The number of anilines is 1. The van der Waals surface area contributed by atoms with Gasteiger partial charge in [0.05, 0.1) is 11.1 Å². The number of piperidine rings is 2. The van der Waals surface area contributed by atoms with E-state index in [1.807, 2.05) is 98.1 Å². The van der Waals surface area contributed by atoms with Crippen LogP contribution in [0.15, 0.2) is 91.0 Å². The SMILES string of the molecule is Cn1nc(-c2ccc(OCc3ccccc3)nc2OCc2ccccc2)c2ccc(N3CCC(CN4CC5(CCN(C(=O)OC(C)(C)C)CC5)C4)CC3)cc21. The summed E-state index contributed by atoms with van der Waals surface area (Å²) in [6.45, 7) is 13.8. The van der Waals surface area contributed by atoms with E-state index < -0.39 is 5.60 Å². The second-order valence-corrected chi connectivity index (χ2v) is 16.8.